The molecule has 0 aromatic heterocycles. The number of para-hydroxylation sites is 2. The number of hydrogen-bond donors (Lipinski definition) is 0. The van der Waals surface area contributed by atoms with E-state index in [1.54, 1.807) is 18.2 Å². The monoisotopic (exact) mass is 570 g/mol. The molecular weight excluding hydrogens is 520 g/mol. The first-order valence-electron chi connectivity index (χ1n) is 14.6. The molecule has 0 N–H and O–H groups in total. The lowest BCUT2D eigenvalue weighted by atomic mass is 10.1. The van der Waals surface area contributed by atoms with Gasteiger partial charge in [-0.3, -0.25) is 0 Å². The van der Waals surface area contributed by atoms with Crippen molar-refractivity contribution in [3.8, 4) is 0 Å². The van der Waals surface area contributed by atoms with Gasteiger partial charge in [0.05, 0.1) is 0 Å². The summed E-state index contributed by atoms with van der Waals surface area (Å²) in [4.78, 5) is 4.28. The summed E-state index contributed by atoms with van der Waals surface area (Å²) in [7, 11) is 0. The molecule has 0 saturated heterocycles. The van der Waals surface area contributed by atoms with Crippen LogP contribution in [-0.4, -0.2) is 0 Å². The summed E-state index contributed by atoms with van der Waals surface area (Å²) >= 11 is 0. The highest BCUT2D eigenvalue weighted by atomic mass is 15.2. The molecule has 0 amide bonds. The fourth-order valence-corrected chi connectivity index (χ4v) is 3.73. The lowest BCUT2D eigenvalue weighted by Crippen LogP contribution is -2.17. The topological polar surface area (TPSA) is 6.48 Å². The maximum Gasteiger partial charge on any atom is 0.0463 e. The van der Waals surface area contributed by atoms with E-state index in [4.69, 9.17) is 0 Å². The molecule has 0 aliphatic rings. The van der Waals surface area contributed by atoms with E-state index in [1.807, 2.05) is 95.3 Å². The second-order valence-corrected chi connectivity index (χ2v) is 8.37. The third-order valence-electron chi connectivity index (χ3n) is 5.52. The van der Waals surface area contributed by atoms with Crippen LogP contribution in [0.1, 0.15) is 34.6 Å². The zero-order chi connectivity index (χ0) is 32.6. The van der Waals surface area contributed by atoms with E-state index in [0.29, 0.717) is 0 Å². The van der Waals surface area contributed by atoms with Crippen molar-refractivity contribution in [2.24, 2.45) is 0 Å². The molecule has 3 rings (SSSR count). The quantitative estimate of drug-likeness (QED) is 0.158. The Morgan fingerprint density at radius 1 is 0.465 bits per heavy atom. The number of allylic oxidation sites excluding steroid dienone is 9. The summed E-state index contributed by atoms with van der Waals surface area (Å²) in [5, 5.41) is 0. The predicted molar refractivity (Wildman–Crippen MR) is 197 cm³/mol. The van der Waals surface area contributed by atoms with E-state index in [-0.39, 0.29) is 0 Å². The molecule has 0 saturated carbocycles. The molecule has 0 spiro atoms. The molecule has 224 valence electrons. The molecule has 3 aromatic rings. The second-order valence-electron chi connectivity index (χ2n) is 8.37. The lowest BCUT2D eigenvalue weighted by Gasteiger charge is -2.29. The SMILES string of the molecule is C=CC.C=CC(=C)/C=C(\C=C)N(c1ccccc1)c1ccc(N(/C(C=C)=C/C(=C)C=C)c2ccccc2)cc1.CC.CC. The van der Waals surface area contributed by atoms with Gasteiger partial charge in [-0.15, -0.1) is 6.58 Å². The van der Waals surface area contributed by atoms with Crippen molar-refractivity contribution in [2.45, 2.75) is 34.6 Å². The van der Waals surface area contributed by atoms with E-state index in [9.17, 15) is 0 Å². The molecule has 0 heterocycles. The Balaban J connectivity index is 0.00000232. The van der Waals surface area contributed by atoms with Gasteiger partial charge in [0, 0.05) is 34.1 Å². The van der Waals surface area contributed by atoms with Gasteiger partial charge in [0.25, 0.3) is 0 Å². The minimum absolute atomic E-state index is 0.806. The summed E-state index contributed by atoms with van der Waals surface area (Å²) < 4.78 is 0. The van der Waals surface area contributed by atoms with E-state index in [2.05, 4.69) is 104 Å². The molecule has 0 fully saturated rings. The van der Waals surface area contributed by atoms with Crippen molar-refractivity contribution in [1.29, 1.82) is 0 Å². The zero-order valence-corrected chi connectivity index (χ0v) is 27.0. The van der Waals surface area contributed by atoms with Gasteiger partial charge < -0.3 is 9.80 Å². The largest absolute Gasteiger partial charge is 0.311 e. The summed E-state index contributed by atoms with van der Waals surface area (Å²) in [6, 6.07) is 28.7. The van der Waals surface area contributed by atoms with E-state index < -0.39 is 0 Å². The van der Waals surface area contributed by atoms with Gasteiger partial charge >= 0.3 is 0 Å². The fraction of sp³-hybridized carbons (Fsp3) is 0.122. The molecular formula is C41H50N2. The van der Waals surface area contributed by atoms with E-state index >= 15 is 0 Å². The summed E-state index contributed by atoms with van der Waals surface area (Å²) in [5.74, 6) is 0. The molecule has 0 bridgehead atoms. The van der Waals surface area contributed by atoms with Crippen molar-refractivity contribution in [3.05, 3.63) is 196 Å². The van der Waals surface area contributed by atoms with Gasteiger partial charge in [-0.25, -0.2) is 0 Å². The van der Waals surface area contributed by atoms with Crippen LogP contribution in [0.25, 0.3) is 0 Å². The summed E-state index contributed by atoms with van der Waals surface area (Å²) in [6.07, 6.45) is 12.8. The molecule has 43 heavy (non-hydrogen) atoms. The highest BCUT2D eigenvalue weighted by Crippen LogP contribution is 2.35. The minimum atomic E-state index is 0.806. The summed E-state index contributed by atoms with van der Waals surface area (Å²) in [5.41, 5.74) is 7.41. The van der Waals surface area contributed by atoms with Gasteiger partial charge in [-0.2, -0.15) is 0 Å². The third kappa shape index (κ3) is 12.1. The second kappa shape index (κ2) is 22.6. The average Bonchev–Trinajstić information content (AvgIpc) is 3.07. The van der Waals surface area contributed by atoms with E-state index in [0.717, 1.165) is 45.3 Å². The Labute approximate surface area is 262 Å². The minimum Gasteiger partial charge on any atom is -0.311 e. The van der Waals surface area contributed by atoms with Crippen LogP contribution in [-0.2, 0) is 0 Å². The average molecular weight is 571 g/mol. The van der Waals surface area contributed by atoms with Crippen LogP contribution in [0.15, 0.2) is 196 Å². The highest BCUT2D eigenvalue weighted by Gasteiger charge is 2.16. The Kier molecular flexibility index (Phi) is 19.9. The van der Waals surface area contributed by atoms with Crippen LogP contribution in [0.3, 0.4) is 0 Å². The van der Waals surface area contributed by atoms with Crippen LogP contribution in [0.4, 0.5) is 22.7 Å². The Bertz CT molecular complexity index is 1250. The standard InChI is InChI=1S/C34H32N2.C3H6.2C2H6/c1-7-27(5)25-29(9-3)35(31-17-13-11-14-18-31)33-21-23-34(24-22-33)36(32-19-15-12-16-20-32)30(10-4)26-28(6)8-2;1-3-2;2*1-2/h7-26H,1-6H2;3H,1H2,2H3;2*1-2H3/b29-25+,30-26+;;;. The number of rotatable bonds is 12. The van der Waals surface area contributed by atoms with Gasteiger partial charge in [0.15, 0.2) is 0 Å². The molecule has 0 aliphatic heterocycles. The highest BCUT2D eigenvalue weighted by molar-refractivity contribution is 5.76. The third-order valence-corrected chi connectivity index (χ3v) is 5.52. The van der Waals surface area contributed by atoms with Crippen LogP contribution in [0, 0.1) is 0 Å². The van der Waals surface area contributed by atoms with Gasteiger partial charge in [0.1, 0.15) is 0 Å². The Hall–Kier alpha value is -5.08. The van der Waals surface area contributed by atoms with Crippen molar-refractivity contribution in [3.63, 3.8) is 0 Å². The number of anilines is 4. The van der Waals surface area contributed by atoms with Crippen molar-refractivity contribution < 1.29 is 0 Å². The number of nitrogens with zero attached hydrogens (tertiary/aromatic N) is 2. The van der Waals surface area contributed by atoms with Crippen molar-refractivity contribution in [1.82, 2.24) is 0 Å². The lowest BCUT2D eigenvalue weighted by molar-refractivity contribution is 1.18. The molecule has 2 heteroatoms. The number of hydrogen-bond acceptors (Lipinski definition) is 2. The first kappa shape index (κ1) is 37.9. The van der Waals surface area contributed by atoms with Crippen molar-refractivity contribution in [2.75, 3.05) is 9.80 Å². The maximum absolute atomic E-state index is 4.06. The molecule has 0 atom stereocenters. The van der Waals surface area contributed by atoms with Gasteiger partial charge in [-0.1, -0.05) is 122 Å². The first-order chi connectivity index (χ1) is 20.9. The Morgan fingerprint density at radius 2 is 0.721 bits per heavy atom. The van der Waals surface area contributed by atoms with Gasteiger partial charge in [-0.05, 0) is 90.9 Å². The predicted octanol–water partition coefficient (Wildman–Crippen LogP) is 12.8. The summed E-state index contributed by atoms with van der Waals surface area (Å²) in [6.45, 7) is 37.1. The van der Waals surface area contributed by atoms with Crippen LogP contribution >= 0.6 is 0 Å². The Morgan fingerprint density at radius 3 is 0.953 bits per heavy atom. The van der Waals surface area contributed by atoms with Crippen LogP contribution < -0.4 is 9.80 Å². The number of benzene rings is 3. The smallest absolute Gasteiger partial charge is 0.0463 e. The fourth-order valence-electron chi connectivity index (χ4n) is 3.73. The molecule has 3 aromatic carbocycles. The van der Waals surface area contributed by atoms with E-state index in [1.165, 1.54) is 0 Å². The van der Waals surface area contributed by atoms with Gasteiger partial charge in [0.2, 0.25) is 0 Å². The molecule has 0 radical (unpaired) electrons. The normalized spacial score (nSPS) is 9.98. The molecule has 0 aliphatic carbocycles. The maximum atomic E-state index is 4.06. The molecule has 0 unspecified atom stereocenters. The molecule has 2 nitrogen and oxygen atoms in total. The van der Waals surface area contributed by atoms with Crippen molar-refractivity contribution >= 4 is 22.7 Å². The van der Waals surface area contributed by atoms with Crippen LogP contribution in [0.2, 0.25) is 0 Å². The first-order valence-corrected chi connectivity index (χ1v) is 14.6. The zero-order valence-electron chi connectivity index (χ0n) is 27.0. The van der Waals surface area contributed by atoms with Crippen LogP contribution in [0.5, 0.6) is 0 Å².